The van der Waals surface area contributed by atoms with Gasteiger partial charge in [-0.1, -0.05) is 86.6 Å². The smallest absolute Gasteiger partial charge is 0.192 e. The fraction of sp³-hybridized carbons (Fsp3) is 0.769. The highest BCUT2D eigenvalue weighted by molar-refractivity contribution is 6.74. The highest BCUT2D eigenvalue weighted by Gasteiger charge is 2.54. The van der Waals surface area contributed by atoms with Crippen LogP contribution in [0.3, 0.4) is 0 Å². The van der Waals surface area contributed by atoms with Crippen molar-refractivity contribution in [1.29, 1.82) is 0 Å². The third-order valence-corrected chi connectivity index (χ3v) is 22.6. The van der Waals surface area contributed by atoms with E-state index >= 15 is 0 Å². The number of benzene rings is 1. The second-order valence-corrected chi connectivity index (χ2v) is 28.3. The highest BCUT2D eigenvalue weighted by atomic mass is 28.4. The Morgan fingerprint density at radius 3 is 2.22 bits per heavy atom. The Bertz CT molecular complexity index is 1300. The summed E-state index contributed by atoms with van der Waals surface area (Å²) < 4.78 is 14.4. The van der Waals surface area contributed by atoms with Crippen molar-refractivity contribution in [3.05, 3.63) is 46.5 Å². The van der Waals surface area contributed by atoms with Crippen molar-refractivity contribution in [3.63, 3.8) is 0 Å². The SMILES string of the molecule is C[C@@H]1CC[C@H]2[C@H](C)c3cccc(C(=O)C4=CC[C@@H](O[Si](C)(C)C(C)(C)C)[C@H]5C[C@@H](O[Si](C)(C)C(C)(C)C)CC[C@]45C)c3CN2C1. The second kappa shape index (κ2) is 12.1. The van der Waals surface area contributed by atoms with Gasteiger partial charge < -0.3 is 8.85 Å². The largest absolute Gasteiger partial charge is 0.414 e. The van der Waals surface area contributed by atoms with Crippen molar-refractivity contribution in [2.75, 3.05) is 6.54 Å². The Morgan fingerprint density at radius 2 is 1.58 bits per heavy atom. The molecule has 0 unspecified atom stereocenters. The van der Waals surface area contributed by atoms with Crippen LogP contribution in [0.5, 0.6) is 0 Å². The third kappa shape index (κ3) is 6.54. The molecule has 6 heteroatoms. The van der Waals surface area contributed by atoms with Gasteiger partial charge >= 0.3 is 0 Å². The van der Waals surface area contributed by atoms with E-state index in [0.29, 0.717) is 12.0 Å². The van der Waals surface area contributed by atoms with Crippen LogP contribution in [-0.2, 0) is 15.4 Å². The van der Waals surface area contributed by atoms with Crippen LogP contribution >= 0.6 is 0 Å². The van der Waals surface area contributed by atoms with E-state index in [1.807, 2.05) is 0 Å². The molecule has 2 heterocycles. The molecule has 0 radical (unpaired) electrons. The summed E-state index contributed by atoms with van der Waals surface area (Å²) in [6.45, 7) is 32.8. The van der Waals surface area contributed by atoms with Crippen LogP contribution in [0.15, 0.2) is 29.8 Å². The van der Waals surface area contributed by atoms with Crippen LogP contribution in [0.4, 0.5) is 0 Å². The second-order valence-electron chi connectivity index (χ2n) is 18.7. The van der Waals surface area contributed by atoms with Gasteiger partial charge in [0.1, 0.15) is 0 Å². The maximum absolute atomic E-state index is 14.9. The van der Waals surface area contributed by atoms with Gasteiger partial charge in [-0.25, -0.2) is 0 Å². The van der Waals surface area contributed by atoms with E-state index in [4.69, 9.17) is 8.85 Å². The van der Waals surface area contributed by atoms with Gasteiger partial charge in [-0.15, -0.1) is 0 Å². The van der Waals surface area contributed by atoms with Crippen molar-refractivity contribution in [1.82, 2.24) is 4.90 Å². The van der Waals surface area contributed by atoms with E-state index in [2.05, 4.69) is 118 Å². The quantitative estimate of drug-likeness (QED) is 0.227. The van der Waals surface area contributed by atoms with Crippen LogP contribution in [0.1, 0.15) is 128 Å². The summed E-state index contributed by atoms with van der Waals surface area (Å²) in [5, 5.41) is 0.311. The Labute approximate surface area is 278 Å². The van der Waals surface area contributed by atoms with Crippen molar-refractivity contribution in [2.45, 2.75) is 168 Å². The Hall–Kier alpha value is -1.06. The van der Waals surface area contributed by atoms with E-state index in [1.165, 1.54) is 24.0 Å². The lowest BCUT2D eigenvalue weighted by atomic mass is 9.57. The molecule has 45 heavy (non-hydrogen) atoms. The molecule has 0 aromatic heterocycles. The van der Waals surface area contributed by atoms with Crippen molar-refractivity contribution in [2.24, 2.45) is 17.3 Å². The number of ketones is 1. The first-order valence-corrected chi connectivity index (χ1v) is 23.9. The monoisotopic (exact) mass is 651 g/mol. The summed E-state index contributed by atoms with van der Waals surface area (Å²) in [4.78, 5) is 17.6. The number of hydrogen-bond acceptors (Lipinski definition) is 4. The molecule has 0 spiro atoms. The van der Waals surface area contributed by atoms with Crippen molar-refractivity contribution >= 4 is 22.4 Å². The summed E-state index contributed by atoms with van der Waals surface area (Å²) in [5.74, 6) is 1.72. The number of carbonyl (C=O) groups is 1. The summed E-state index contributed by atoms with van der Waals surface area (Å²) in [6, 6.07) is 7.18. The topological polar surface area (TPSA) is 38.8 Å². The van der Waals surface area contributed by atoms with Crippen LogP contribution < -0.4 is 0 Å². The first kappa shape index (κ1) is 35.3. The fourth-order valence-corrected chi connectivity index (χ4v) is 11.3. The van der Waals surface area contributed by atoms with E-state index in [9.17, 15) is 4.79 Å². The Kier molecular flexibility index (Phi) is 9.50. The number of fused-ring (bicyclic) bond motifs is 3. The number of nitrogens with zero attached hydrogens (tertiary/aromatic N) is 1. The Balaban J connectivity index is 1.50. The summed E-state index contributed by atoms with van der Waals surface area (Å²) >= 11 is 0. The highest BCUT2D eigenvalue weighted by Crippen LogP contribution is 2.56. The van der Waals surface area contributed by atoms with E-state index in [1.54, 1.807) is 0 Å². The lowest BCUT2D eigenvalue weighted by Crippen LogP contribution is -2.55. The minimum atomic E-state index is -2.01. The molecule has 2 aliphatic carbocycles. The van der Waals surface area contributed by atoms with E-state index in [0.717, 1.165) is 55.8 Å². The number of rotatable bonds is 6. The number of hydrogen-bond donors (Lipinski definition) is 0. The molecular formula is C39H65NO3Si2. The predicted molar refractivity (Wildman–Crippen MR) is 194 cm³/mol. The van der Waals surface area contributed by atoms with Gasteiger partial charge in [0.25, 0.3) is 0 Å². The first-order valence-electron chi connectivity index (χ1n) is 18.1. The average Bonchev–Trinajstić information content (AvgIpc) is 2.91. The maximum Gasteiger partial charge on any atom is 0.192 e. The molecular weight excluding hydrogens is 587 g/mol. The molecule has 2 fully saturated rings. The van der Waals surface area contributed by atoms with Gasteiger partial charge in [0.2, 0.25) is 0 Å². The molecule has 0 N–H and O–H groups in total. The van der Waals surface area contributed by atoms with Crippen LogP contribution in [0, 0.1) is 17.3 Å². The van der Waals surface area contributed by atoms with Crippen LogP contribution in [0.2, 0.25) is 36.3 Å². The molecule has 1 aromatic rings. The Morgan fingerprint density at radius 1 is 0.933 bits per heavy atom. The molecule has 252 valence electrons. The summed E-state index contributed by atoms with van der Waals surface area (Å²) in [6.07, 6.45) is 9.01. The molecule has 7 atom stereocenters. The zero-order valence-corrected chi connectivity index (χ0v) is 33.1. The van der Waals surface area contributed by atoms with E-state index in [-0.39, 0.29) is 39.4 Å². The molecule has 4 nitrogen and oxygen atoms in total. The first-order chi connectivity index (χ1) is 20.7. The van der Waals surface area contributed by atoms with Crippen LogP contribution in [0.25, 0.3) is 0 Å². The van der Waals surface area contributed by atoms with Gasteiger partial charge in [0.05, 0.1) is 6.10 Å². The number of allylic oxidation sites excluding steroid dienone is 1. The molecule has 0 bridgehead atoms. The maximum atomic E-state index is 14.9. The molecule has 0 amide bonds. The normalized spacial score (nSPS) is 33.1. The average molecular weight is 652 g/mol. The van der Waals surface area contributed by atoms with Gasteiger partial charge in [0.15, 0.2) is 22.4 Å². The molecule has 1 aromatic carbocycles. The van der Waals surface area contributed by atoms with E-state index < -0.39 is 16.6 Å². The standard InChI is InChI=1S/C39H65NO3Si2/c1-26-17-19-34-27(2)29-15-14-16-30(31(29)25-40(34)24-26)36(41)32-18-20-35(43-45(12,13)38(6,7)8)33-23-28(21-22-39(32,33)9)42-44(10,11)37(3,4)5/h14-16,18,26-28,33-35H,17,19-25H2,1-13H3/t26-,27-,28+,33-,34+,35-,39-/m1/s1. The molecule has 4 aliphatic rings. The minimum Gasteiger partial charge on any atom is -0.414 e. The molecule has 1 saturated heterocycles. The molecule has 2 aliphatic heterocycles. The molecule has 1 saturated carbocycles. The van der Waals surface area contributed by atoms with Crippen molar-refractivity contribution < 1.29 is 13.6 Å². The third-order valence-electron chi connectivity index (χ3n) is 13.6. The lowest BCUT2D eigenvalue weighted by molar-refractivity contribution is -0.0285. The lowest BCUT2D eigenvalue weighted by Gasteiger charge is -2.54. The number of carbonyl (C=O) groups excluding carboxylic acids is 1. The van der Waals surface area contributed by atoms with Crippen LogP contribution in [-0.4, -0.2) is 52.1 Å². The predicted octanol–water partition coefficient (Wildman–Crippen LogP) is 10.5. The van der Waals surface area contributed by atoms with Crippen molar-refractivity contribution in [3.8, 4) is 0 Å². The summed E-state index contributed by atoms with van der Waals surface area (Å²) in [7, 11) is -3.94. The zero-order valence-electron chi connectivity index (χ0n) is 31.1. The zero-order chi connectivity index (χ0) is 33.3. The van der Waals surface area contributed by atoms with Gasteiger partial charge in [-0.2, -0.15) is 0 Å². The number of Topliss-reactive ketones (excluding diaryl/α,β-unsaturated/α-hetero) is 1. The summed E-state index contributed by atoms with van der Waals surface area (Å²) in [5.41, 5.74) is 4.46. The number of piperidine rings is 1. The minimum absolute atomic E-state index is 0.124. The van der Waals surface area contributed by atoms with Gasteiger partial charge in [0, 0.05) is 41.8 Å². The van der Waals surface area contributed by atoms with Gasteiger partial charge in [-0.3, -0.25) is 9.69 Å². The fourth-order valence-electron chi connectivity index (χ4n) is 8.56. The van der Waals surface area contributed by atoms with Gasteiger partial charge in [-0.05, 0) is 104 Å². The molecule has 5 rings (SSSR count).